The zero-order valence-electron chi connectivity index (χ0n) is 18.0. The van der Waals surface area contributed by atoms with Gasteiger partial charge >= 0.3 is 17.7 Å². The summed E-state index contributed by atoms with van der Waals surface area (Å²) >= 11 is 0. The van der Waals surface area contributed by atoms with Gasteiger partial charge < -0.3 is 25.3 Å². The summed E-state index contributed by atoms with van der Waals surface area (Å²) in [7, 11) is -2.98. The third kappa shape index (κ3) is 8.41. The monoisotopic (exact) mass is 491 g/mol. The summed E-state index contributed by atoms with van der Waals surface area (Å²) < 4.78 is 5.09. The minimum atomic E-state index is -3.49. The van der Waals surface area contributed by atoms with Crippen molar-refractivity contribution in [3.8, 4) is 0 Å². The SMILES string of the molecule is CCCCC(O)(O)C(=O)OOC(=O)C(O)(O)/C(CCC)=[P+](\[O-])OCc1ccc([N+](=O)[O-])cc1. The molecule has 1 atom stereocenters. The lowest BCUT2D eigenvalue weighted by Gasteiger charge is -2.21. The molecule has 1 rings (SSSR count). The van der Waals surface area contributed by atoms with Gasteiger partial charge in [0.2, 0.25) is 8.00 Å². The van der Waals surface area contributed by atoms with E-state index in [-0.39, 0.29) is 31.6 Å². The van der Waals surface area contributed by atoms with Gasteiger partial charge in [-0.15, -0.1) is 0 Å². The highest BCUT2D eigenvalue weighted by atomic mass is 31.1. The first-order valence-electron chi connectivity index (χ1n) is 9.89. The molecule has 0 saturated heterocycles. The number of benzene rings is 1. The Balaban J connectivity index is 2.90. The highest BCUT2D eigenvalue weighted by Crippen LogP contribution is 2.28. The van der Waals surface area contributed by atoms with Gasteiger partial charge in [0.15, 0.2) is 5.29 Å². The van der Waals surface area contributed by atoms with Crippen LogP contribution in [-0.2, 0) is 30.5 Å². The van der Waals surface area contributed by atoms with Gasteiger partial charge in [-0.25, -0.2) is 19.4 Å². The number of nitro benzene ring substituents is 1. The molecule has 0 spiro atoms. The minimum absolute atomic E-state index is 0.173. The Morgan fingerprint density at radius 2 is 1.61 bits per heavy atom. The molecule has 1 unspecified atom stereocenters. The Labute approximate surface area is 189 Å². The van der Waals surface area contributed by atoms with E-state index in [1.54, 1.807) is 13.8 Å². The number of non-ortho nitro benzene ring substituents is 1. The Morgan fingerprint density at radius 1 is 1.03 bits per heavy atom. The molecule has 0 heterocycles. The summed E-state index contributed by atoms with van der Waals surface area (Å²) in [6.07, 6.45) is 0.293. The highest BCUT2D eigenvalue weighted by Gasteiger charge is 2.48. The molecule has 4 N–H and O–H groups in total. The first-order valence-corrected chi connectivity index (χ1v) is 11.1. The van der Waals surface area contributed by atoms with Crippen LogP contribution in [0.25, 0.3) is 0 Å². The van der Waals surface area contributed by atoms with Gasteiger partial charge in [-0.1, -0.05) is 20.3 Å². The van der Waals surface area contributed by atoms with Crippen LogP contribution in [0.4, 0.5) is 5.69 Å². The number of carbonyl (C=O) groups is 2. The number of unbranched alkanes of at least 4 members (excludes halogenated alkanes) is 1. The van der Waals surface area contributed by atoms with Crippen molar-refractivity contribution in [3.05, 3.63) is 39.9 Å². The highest BCUT2D eigenvalue weighted by molar-refractivity contribution is 7.47. The number of hydrogen-bond donors (Lipinski definition) is 4. The maximum Gasteiger partial charge on any atom is 0.422 e. The van der Waals surface area contributed by atoms with Crippen LogP contribution in [0.5, 0.6) is 0 Å². The van der Waals surface area contributed by atoms with Gasteiger partial charge in [-0.3, -0.25) is 10.1 Å². The lowest BCUT2D eigenvalue weighted by Crippen LogP contribution is -2.49. The third-order valence-electron chi connectivity index (χ3n) is 4.29. The number of carbonyl (C=O) groups excluding carboxylic acids is 2. The molecular weight excluding hydrogens is 465 g/mol. The summed E-state index contributed by atoms with van der Waals surface area (Å²) in [6.45, 7) is 2.97. The van der Waals surface area contributed by atoms with Crippen molar-refractivity contribution < 1.29 is 54.1 Å². The summed E-state index contributed by atoms with van der Waals surface area (Å²) in [5.41, 5.74) is 0.208. The third-order valence-corrected chi connectivity index (χ3v) is 5.63. The number of rotatable bonds is 12. The molecule has 33 heavy (non-hydrogen) atoms. The number of hydrogen-bond acceptors (Lipinski definition) is 12. The van der Waals surface area contributed by atoms with Crippen LogP contribution in [0.15, 0.2) is 24.3 Å². The molecule has 14 heteroatoms. The predicted octanol–water partition coefficient (Wildman–Crippen LogP) is 0.309. The Hall–Kier alpha value is -2.51. The van der Waals surface area contributed by atoms with Gasteiger partial charge in [-0.05, 0) is 30.5 Å². The van der Waals surface area contributed by atoms with Crippen LogP contribution in [0.2, 0.25) is 0 Å². The van der Waals surface area contributed by atoms with Gasteiger partial charge in [0.1, 0.15) is 6.61 Å². The van der Waals surface area contributed by atoms with Crippen LogP contribution in [0, 0.1) is 10.1 Å². The first-order chi connectivity index (χ1) is 15.4. The molecule has 1 aromatic carbocycles. The lowest BCUT2D eigenvalue weighted by molar-refractivity contribution is -0.384. The van der Waals surface area contributed by atoms with E-state index < -0.39 is 48.1 Å². The summed E-state index contributed by atoms with van der Waals surface area (Å²) in [5, 5.41) is 49.5. The van der Waals surface area contributed by atoms with Crippen molar-refractivity contribution in [1.29, 1.82) is 0 Å². The van der Waals surface area contributed by atoms with Crippen LogP contribution < -0.4 is 4.89 Å². The standard InChI is InChI=1S/C19H26NO12P/c1-3-5-11-18(23,24)16(21)31-32-17(22)19(25,26)15(6-4-2)33(29)30-12-13-7-9-14(10-8-13)20(27)28/h7-10,23-26H,3-6,11-12H2,1-2H3. The molecule has 0 fully saturated rings. The second-order valence-corrected chi connectivity index (χ2v) is 8.30. The lowest BCUT2D eigenvalue weighted by atomic mass is 10.1. The largest absolute Gasteiger partial charge is 0.603 e. The molecule has 0 amide bonds. The molecule has 0 aliphatic rings. The van der Waals surface area contributed by atoms with Crippen molar-refractivity contribution in [2.75, 3.05) is 0 Å². The average Bonchev–Trinajstić information content (AvgIpc) is 2.77. The van der Waals surface area contributed by atoms with Crippen molar-refractivity contribution in [2.45, 2.75) is 64.1 Å². The summed E-state index contributed by atoms with van der Waals surface area (Å²) in [5.74, 6) is -10.2. The quantitative estimate of drug-likeness (QED) is 0.102. The normalized spacial score (nSPS) is 12.7. The molecule has 0 aromatic heterocycles. The molecular formula is C19H26NO12P. The molecule has 0 aliphatic heterocycles. The Morgan fingerprint density at radius 3 is 2.12 bits per heavy atom. The Kier molecular flexibility index (Phi) is 10.9. The fourth-order valence-corrected chi connectivity index (χ4v) is 3.57. The maximum absolute atomic E-state index is 12.5. The van der Waals surface area contributed by atoms with Gasteiger partial charge in [0, 0.05) is 25.0 Å². The number of aliphatic hydroxyl groups is 4. The van der Waals surface area contributed by atoms with E-state index in [1.807, 2.05) is 0 Å². The summed E-state index contributed by atoms with van der Waals surface area (Å²) in [4.78, 5) is 54.4. The fourth-order valence-electron chi connectivity index (χ4n) is 2.40. The van der Waals surface area contributed by atoms with E-state index in [2.05, 4.69) is 9.78 Å². The van der Waals surface area contributed by atoms with Crippen LogP contribution in [0.3, 0.4) is 0 Å². The van der Waals surface area contributed by atoms with Gasteiger partial charge in [0.25, 0.3) is 11.5 Å². The molecule has 0 saturated carbocycles. The van der Waals surface area contributed by atoms with Crippen molar-refractivity contribution in [2.24, 2.45) is 0 Å². The molecule has 0 aliphatic carbocycles. The molecule has 1 aromatic rings. The van der Waals surface area contributed by atoms with E-state index in [1.165, 1.54) is 24.3 Å². The van der Waals surface area contributed by atoms with Crippen LogP contribution in [-0.4, -0.2) is 54.2 Å². The topological polar surface area (TPSA) is 209 Å². The van der Waals surface area contributed by atoms with Crippen molar-refractivity contribution >= 4 is 30.9 Å². The summed E-state index contributed by atoms with van der Waals surface area (Å²) in [6, 6.07) is 5.07. The van der Waals surface area contributed by atoms with E-state index in [0.717, 1.165) is 0 Å². The van der Waals surface area contributed by atoms with E-state index in [4.69, 9.17) is 4.52 Å². The fraction of sp³-hybridized carbons (Fsp3) is 0.526. The second-order valence-electron chi connectivity index (χ2n) is 6.98. The zero-order chi connectivity index (χ0) is 25.2. The molecule has 0 radical (unpaired) electrons. The van der Waals surface area contributed by atoms with E-state index in [9.17, 15) is 45.0 Å². The molecule has 0 bridgehead atoms. The smallest absolute Gasteiger partial charge is 0.422 e. The van der Waals surface area contributed by atoms with Crippen LogP contribution in [0.1, 0.15) is 51.5 Å². The average molecular weight is 491 g/mol. The van der Waals surface area contributed by atoms with Crippen LogP contribution >= 0.6 is 8.00 Å². The first kappa shape index (κ1) is 28.5. The zero-order valence-corrected chi connectivity index (χ0v) is 18.9. The van der Waals surface area contributed by atoms with E-state index >= 15 is 0 Å². The number of nitro groups is 1. The molecule has 184 valence electrons. The molecule has 13 nitrogen and oxygen atoms in total. The minimum Gasteiger partial charge on any atom is -0.603 e. The van der Waals surface area contributed by atoms with Crippen molar-refractivity contribution in [3.63, 3.8) is 0 Å². The second kappa shape index (κ2) is 12.7. The van der Waals surface area contributed by atoms with E-state index in [0.29, 0.717) is 12.0 Å². The van der Waals surface area contributed by atoms with Crippen molar-refractivity contribution in [1.82, 2.24) is 0 Å². The number of nitrogens with zero attached hydrogens (tertiary/aromatic N) is 1. The Bertz CT molecular complexity index is 866. The van der Waals surface area contributed by atoms with Gasteiger partial charge in [0.05, 0.1) is 4.92 Å². The maximum atomic E-state index is 12.5. The van der Waals surface area contributed by atoms with Gasteiger partial charge in [-0.2, -0.15) is 4.52 Å². The predicted molar refractivity (Wildman–Crippen MR) is 111 cm³/mol.